The number of amides is 4. The van der Waals surface area contributed by atoms with Crippen LogP contribution in [0.3, 0.4) is 0 Å². The Labute approximate surface area is 272 Å². The minimum atomic E-state index is -0.919. The summed E-state index contributed by atoms with van der Waals surface area (Å²) in [5.41, 5.74) is 1.70. The Hall–Kier alpha value is -5.00. The highest BCUT2D eigenvalue weighted by atomic mass is 19.1. The van der Waals surface area contributed by atoms with Gasteiger partial charge in [0.25, 0.3) is 17.7 Å². The lowest BCUT2D eigenvalue weighted by atomic mass is 10.1. The van der Waals surface area contributed by atoms with Crippen molar-refractivity contribution < 1.29 is 28.0 Å². The quantitative estimate of drug-likeness (QED) is 0.359. The van der Waals surface area contributed by atoms with E-state index in [-0.39, 0.29) is 48.6 Å². The Bertz CT molecular complexity index is 1820. The number of hydrogen-bond acceptors (Lipinski definition) is 6. The number of furan rings is 1. The first kappa shape index (κ1) is 32.0. The molecule has 4 aromatic rings. The third-order valence-corrected chi connectivity index (χ3v) is 9.02. The molecule has 47 heavy (non-hydrogen) atoms. The van der Waals surface area contributed by atoms with Crippen molar-refractivity contribution in [2.45, 2.75) is 58.5 Å². The Morgan fingerprint density at radius 2 is 1.68 bits per heavy atom. The van der Waals surface area contributed by atoms with Crippen molar-refractivity contribution in [1.82, 2.24) is 29.4 Å². The lowest BCUT2D eigenvalue weighted by molar-refractivity contribution is -0.124. The van der Waals surface area contributed by atoms with Crippen LogP contribution in [-0.4, -0.2) is 92.5 Å². The van der Waals surface area contributed by atoms with Crippen LogP contribution in [0.1, 0.15) is 74.0 Å². The van der Waals surface area contributed by atoms with Crippen LogP contribution >= 0.6 is 0 Å². The van der Waals surface area contributed by atoms with Crippen LogP contribution in [0.5, 0.6) is 0 Å². The van der Waals surface area contributed by atoms with Gasteiger partial charge < -0.3 is 24.4 Å². The van der Waals surface area contributed by atoms with Crippen molar-refractivity contribution in [2.75, 3.05) is 32.7 Å². The minimum Gasteiger partial charge on any atom is -0.466 e. The molecule has 2 bridgehead atoms. The van der Waals surface area contributed by atoms with Crippen molar-refractivity contribution in [1.29, 1.82) is 0 Å². The zero-order valence-corrected chi connectivity index (χ0v) is 26.9. The van der Waals surface area contributed by atoms with Crippen molar-refractivity contribution in [2.24, 2.45) is 0 Å². The minimum absolute atomic E-state index is 0.0258. The van der Waals surface area contributed by atoms with Gasteiger partial charge in [-0.1, -0.05) is 24.3 Å². The number of fused-ring (bicyclic) bond motifs is 3. The SMILES string of the molecule is Cc1ccc2nc(C(=O)N3C[C@@H]4C[C@H]3C(=O)NCCCCN(C(=O)c3cc(C)oc3C)CCCN4C(=O)c3ccccc3)c(F)n2c1. The summed E-state index contributed by atoms with van der Waals surface area (Å²) in [6, 6.07) is 12.5. The zero-order chi connectivity index (χ0) is 33.2. The molecule has 0 unspecified atom stereocenters. The highest BCUT2D eigenvalue weighted by molar-refractivity contribution is 5.98. The van der Waals surface area contributed by atoms with Crippen LogP contribution < -0.4 is 5.32 Å². The summed E-state index contributed by atoms with van der Waals surface area (Å²) in [4.78, 5) is 64.3. The Balaban J connectivity index is 1.31. The van der Waals surface area contributed by atoms with Gasteiger partial charge in [0.1, 0.15) is 23.2 Å². The van der Waals surface area contributed by atoms with E-state index in [1.165, 1.54) is 9.30 Å². The molecule has 246 valence electrons. The fraction of sp³-hybridized carbons (Fsp3) is 0.400. The average molecular weight is 643 g/mol. The van der Waals surface area contributed by atoms with E-state index in [1.807, 2.05) is 13.0 Å². The maximum absolute atomic E-state index is 15.6. The van der Waals surface area contributed by atoms with Gasteiger partial charge >= 0.3 is 0 Å². The number of hydrogen-bond donors (Lipinski definition) is 1. The highest BCUT2D eigenvalue weighted by Crippen LogP contribution is 2.28. The summed E-state index contributed by atoms with van der Waals surface area (Å²) in [5, 5.41) is 2.94. The molecule has 1 aromatic carbocycles. The molecule has 12 heteroatoms. The number of imidazole rings is 1. The van der Waals surface area contributed by atoms with Gasteiger partial charge in [0.2, 0.25) is 11.9 Å². The number of benzene rings is 1. The summed E-state index contributed by atoms with van der Waals surface area (Å²) < 4.78 is 22.4. The van der Waals surface area contributed by atoms with Crippen LogP contribution in [0, 0.1) is 26.7 Å². The lowest BCUT2D eigenvalue weighted by Crippen LogP contribution is -2.46. The Kier molecular flexibility index (Phi) is 9.10. The molecule has 5 heterocycles. The number of halogens is 1. The number of aromatic nitrogens is 2. The number of pyridine rings is 1. The molecule has 2 fully saturated rings. The highest BCUT2D eigenvalue weighted by Gasteiger charge is 2.44. The molecule has 4 amide bonds. The number of aryl methyl sites for hydroxylation is 3. The molecule has 2 aliphatic rings. The van der Waals surface area contributed by atoms with Gasteiger partial charge in [0, 0.05) is 44.5 Å². The van der Waals surface area contributed by atoms with Crippen molar-refractivity contribution in [3.63, 3.8) is 0 Å². The molecular weight excluding hydrogens is 603 g/mol. The predicted octanol–water partition coefficient (Wildman–Crippen LogP) is 4.16. The van der Waals surface area contributed by atoms with Gasteiger partial charge in [0.05, 0.1) is 11.6 Å². The number of carbonyl (C=O) groups excluding carboxylic acids is 4. The fourth-order valence-corrected chi connectivity index (χ4v) is 6.62. The van der Waals surface area contributed by atoms with Gasteiger partial charge in [-0.25, -0.2) is 4.98 Å². The zero-order valence-electron chi connectivity index (χ0n) is 26.9. The summed E-state index contributed by atoms with van der Waals surface area (Å²) >= 11 is 0. The van der Waals surface area contributed by atoms with E-state index in [0.29, 0.717) is 61.5 Å². The largest absolute Gasteiger partial charge is 0.466 e. The third-order valence-electron chi connectivity index (χ3n) is 9.02. The second-order valence-electron chi connectivity index (χ2n) is 12.4. The second kappa shape index (κ2) is 13.4. The maximum Gasteiger partial charge on any atom is 0.278 e. The van der Waals surface area contributed by atoms with E-state index in [0.717, 1.165) is 5.56 Å². The van der Waals surface area contributed by atoms with E-state index in [2.05, 4.69) is 10.3 Å². The van der Waals surface area contributed by atoms with E-state index >= 15 is 4.39 Å². The molecule has 0 aliphatic carbocycles. The van der Waals surface area contributed by atoms with Crippen LogP contribution in [-0.2, 0) is 4.79 Å². The molecule has 6 rings (SSSR count). The monoisotopic (exact) mass is 642 g/mol. The third kappa shape index (κ3) is 6.49. The van der Waals surface area contributed by atoms with Crippen LogP contribution in [0.2, 0.25) is 0 Å². The van der Waals surface area contributed by atoms with Gasteiger partial charge in [-0.05, 0) is 76.3 Å². The van der Waals surface area contributed by atoms with E-state index in [4.69, 9.17) is 4.42 Å². The summed E-state index contributed by atoms with van der Waals surface area (Å²) in [6.45, 7) is 6.89. The first-order chi connectivity index (χ1) is 22.6. The Morgan fingerprint density at radius 1 is 0.915 bits per heavy atom. The predicted molar refractivity (Wildman–Crippen MR) is 172 cm³/mol. The maximum atomic E-state index is 15.6. The van der Waals surface area contributed by atoms with Crippen LogP contribution in [0.15, 0.2) is 59.1 Å². The van der Waals surface area contributed by atoms with Gasteiger partial charge in [-0.2, -0.15) is 4.39 Å². The number of carbonyl (C=O) groups is 4. The van der Waals surface area contributed by atoms with Gasteiger partial charge in [0.15, 0.2) is 5.69 Å². The molecule has 2 aliphatic heterocycles. The number of likely N-dealkylation sites (tertiary alicyclic amines) is 1. The van der Waals surface area contributed by atoms with Crippen LogP contribution in [0.25, 0.3) is 5.65 Å². The number of nitrogens with zero attached hydrogens (tertiary/aromatic N) is 5. The summed E-state index contributed by atoms with van der Waals surface area (Å²) in [7, 11) is 0. The van der Waals surface area contributed by atoms with E-state index < -0.39 is 23.9 Å². The van der Waals surface area contributed by atoms with E-state index in [1.54, 1.807) is 72.3 Å². The molecular formula is C35H39FN6O5. The topological polar surface area (TPSA) is 120 Å². The molecule has 0 saturated carbocycles. The lowest BCUT2D eigenvalue weighted by Gasteiger charge is -2.31. The number of rotatable bonds is 3. The normalized spacial score (nSPS) is 19.5. The average Bonchev–Trinajstić information content (AvgIpc) is 3.75. The standard InChI is InChI=1S/C35H39FN6O5/c1-22-12-13-29-38-30(31(36)42(29)20-22)35(46)41-21-26-19-28(41)32(43)37-14-7-8-15-39(34(45)27-18-23(2)47-24(27)3)16-9-17-40(26)33(44)25-10-5-4-6-11-25/h4-6,10-13,18,20,26,28H,7-9,14-17,19,21H2,1-3H3,(H,37,43)/t26-,28-/m0/s1. The summed E-state index contributed by atoms with van der Waals surface area (Å²) in [5.74, 6) is -1.05. The second-order valence-corrected chi connectivity index (χ2v) is 12.4. The van der Waals surface area contributed by atoms with Crippen molar-refractivity contribution >= 4 is 29.3 Å². The fourth-order valence-electron chi connectivity index (χ4n) is 6.62. The first-order valence-electron chi connectivity index (χ1n) is 16.1. The summed E-state index contributed by atoms with van der Waals surface area (Å²) in [6.07, 6.45) is 3.47. The first-order valence-corrected chi connectivity index (χ1v) is 16.1. The molecule has 2 saturated heterocycles. The van der Waals surface area contributed by atoms with Crippen molar-refractivity contribution in [3.05, 3.63) is 94.6 Å². The molecule has 2 atom stereocenters. The molecule has 1 N–H and O–H groups in total. The van der Waals surface area contributed by atoms with Gasteiger partial charge in [-0.15, -0.1) is 0 Å². The van der Waals surface area contributed by atoms with Crippen LogP contribution in [0.4, 0.5) is 4.39 Å². The molecule has 11 nitrogen and oxygen atoms in total. The molecule has 0 spiro atoms. The molecule has 0 radical (unpaired) electrons. The number of nitrogens with one attached hydrogen (secondary N) is 1. The smallest absolute Gasteiger partial charge is 0.278 e. The van der Waals surface area contributed by atoms with Crippen molar-refractivity contribution in [3.8, 4) is 0 Å². The Morgan fingerprint density at radius 3 is 2.43 bits per heavy atom. The molecule has 3 aromatic heterocycles. The van der Waals surface area contributed by atoms with Gasteiger partial charge in [-0.3, -0.25) is 23.6 Å². The van der Waals surface area contributed by atoms with E-state index in [9.17, 15) is 19.2 Å².